The van der Waals surface area contributed by atoms with Crippen molar-refractivity contribution in [2.45, 2.75) is 44.0 Å². The van der Waals surface area contributed by atoms with E-state index in [1.54, 1.807) is 7.28 Å². The van der Waals surface area contributed by atoms with Crippen LogP contribution in [0, 0.1) is 0 Å². The molecule has 0 aromatic rings. The molecule has 1 rings (SSSR count). The van der Waals surface area contributed by atoms with Gasteiger partial charge in [-0.1, -0.05) is 13.2 Å². The largest absolute Gasteiger partial charge is 0.394 e. The van der Waals surface area contributed by atoms with E-state index in [1.807, 2.05) is 6.92 Å². The van der Waals surface area contributed by atoms with Gasteiger partial charge in [0.05, 0.1) is 12.6 Å². The molecule has 5 heteroatoms. The van der Waals surface area contributed by atoms with Crippen molar-refractivity contribution in [2.24, 2.45) is 0 Å². The lowest BCUT2D eigenvalue weighted by Gasteiger charge is -2.24. The lowest BCUT2D eigenvalue weighted by molar-refractivity contribution is -0.0114. The van der Waals surface area contributed by atoms with Crippen LogP contribution in [0.3, 0.4) is 0 Å². The molecule has 2 N–H and O–H groups in total. The highest BCUT2D eigenvalue weighted by atomic mass is 19.1. The molecule has 1 fully saturated rings. The number of ether oxygens (including phenoxy) is 1. The Morgan fingerprint density at radius 1 is 1.62 bits per heavy atom. The molecule has 1 radical (unpaired) electrons. The molecule has 1 heterocycles. The molecule has 0 aromatic heterocycles. The Hall–Kier alpha value is -0.125. The van der Waals surface area contributed by atoms with Gasteiger partial charge in [-0.15, -0.1) is 0 Å². The standard InChI is InChI=1S/C8H15BFO3/c1-3-9-7-8(2,12)6(10)5(4-11)13-7/h5-7,11-12H,3-4H2,1-2H3. The highest BCUT2D eigenvalue weighted by Gasteiger charge is 2.52. The number of aliphatic hydroxyl groups is 2. The maximum absolute atomic E-state index is 13.4. The Balaban J connectivity index is 2.68. The van der Waals surface area contributed by atoms with Gasteiger partial charge in [-0.25, -0.2) is 4.39 Å². The van der Waals surface area contributed by atoms with Gasteiger partial charge in [-0.05, 0) is 6.92 Å². The third-order valence-electron chi connectivity index (χ3n) is 2.41. The van der Waals surface area contributed by atoms with Gasteiger partial charge in [0.2, 0.25) is 0 Å². The van der Waals surface area contributed by atoms with E-state index in [9.17, 15) is 9.50 Å². The second-order valence-corrected chi connectivity index (χ2v) is 3.55. The summed E-state index contributed by atoms with van der Waals surface area (Å²) in [5.41, 5.74) is -1.51. The van der Waals surface area contributed by atoms with Crippen LogP contribution in [-0.4, -0.2) is 48.0 Å². The van der Waals surface area contributed by atoms with Crippen LogP contribution in [0.1, 0.15) is 13.8 Å². The molecule has 4 unspecified atom stereocenters. The zero-order valence-corrected chi connectivity index (χ0v) is 7.90. The summed E-state index contributed by atoms with van der Waals surface area (Å²) < 4.78 is 18.5. The summed E-state index contributed by atoms with van der Waals surface area (Å²) in [7, 11) is 1.71. The highest BCUT2D eigenvalue weighted by molar-refractivity contribution is 6.37. The number of hydrogen-bond donors (Lipinski definition) is 2. The summed E-state index contributed by atoms with van der Waals surface area (Å²) in [6.45, 7) is 2.88. The Labute approximate surface area is 78.1 Å². The van der Waals surface area contributed by atoms with Crippen molar-refractivity contribution < 1.29 is 19.3 Å². The predicted octanol–water partition coefficient (Wildman–Crippen LogP) is -0.0649. The van der Waals surface area contributed by atoms with E-state index in [1.165, 1.54) is 6.92 Å². The summed E-state index contributed by atoms with van der Waals surface area (Å²) in [5, 5.41) is 18.5. The van der Waals surface area contributed by atoms with Crippen molar-refractivity contribution in [2.75, 3.05) is 6.61 Å². The predicted molar refractivity (Wildman–Crippen MR) is 47.5 cm³/mol. The number of halogens is 1. The van der Waals surface area contributed by atoms with Crippen molar-refractivity contribution in [3.63, 3.8) is 0 Å². The van der Waals surface area contributed by atoms with E-state index in [0.29, 0.717) is 6.32 Å². The average Bonchev–Trinajstić information content (AvgIpc) is 2.29. The fraction of sp³-hybridized carbons (Fsp3) is 1.00. The quantitative estimate of drug-likeness (QED) is 0.611. The zero-order chi connectivity index (χ0) is 10.1. The smallest absolute Gasteiger partial charge is 0.158 e. The first-order chi connectivity index (χ1) is 6.04. The Kier molecular flexibility index (Phi) is 3.32. The van der Waals surface area contributed by atoms with Crippen LogP contribution < -0.4 is 0 Å². The van der Waals surface area contributed by atoms with Gasteiger partial charge in [0.25, 0.3) is 0 Å². The maximum atomic E-state index is 13.4. The van der Waals surface area contributed by atoms with E-state index in [0.717, 1.165) is 0 Å². The number of aliphatic hydroxyl groups excluding tert-OH is 1. The summed E-state index contributed by atoms with van der Waals surface area (Å²) in [4.78, 5) is 0. The molecule has 1 saturated heterocycles. The van der Waals surface area contributed by atoms with Crippen LogP contribution in [-0.2, 0) is 4.74 Å². The number of rotatable bonds is 3. The third-order valence-corrected chi connectivity index (χ3v) is 2.41. The van der Waals surface area contributed by atoms with Crippen LogP contribution in [0.4, 0.5) is 4.39 Å². The summed E-state index contributed by atoms with van der Waals surface area (Å²) in [6.07, 6.45) is -1.72. The van der Waals surface area contributed by atoms with Gasteiger partial charge in [0, 0.05) is 0 Å². The summed E-state index contributed by atoms with van der Waals surface area (Å²) in [6, 6.07) is -0.621. The number of alkyl halides is 1. The second kappa shape index (κ2) is 3.94. The minimum atomic E-state index is -1.52. The Morgan fingerprint density at radius 2 is 2.23 bits per heavy atom. The molecule has 4 atom stereocenters. The van der Waals surface area contributed by atoms with Crippen LogP contribution >= 0.6 is 0 Å². The van der Waals surface area contributed by atoms with Crippen LogP contribution in [0.2, 0.25) is 6.32 Å². The van der Waals surface area contributed by atoms with Gasteiger partial charge in [0.1, 0.15) is 11.7 Å². The van der Waals surface area contributed by atoms with E-state index in [2.05, 4.69) is 0 Å². The van der Waals surface area contributed by atoms with Crippen LogP contribution in [0.25, 0.3) is 0 Å². The first-order valence-corrected chi connectivity index (χ1v) is 4.50. The van der Waals surface area contributed by atoms with Crippen molar-refractivity contribution in [3.05, 3.63) is 0 Å². The van der Waals surface area contributed by atoms with Crippen molar-refractivity contribution in [1.82, 2.24) is 0 Å². The summed E-state index contributed by atoms with van der Waals surface area (Å²) in [5.74, 6) is 0. The van der Waals surface area contributed by atoms with Gasteiger partial charge in [-0.2, -0.15) is 0 Å². The third kappa shape index (κ3) is 1.87. The molecule has 0 saturated carbocycles. The van der Waals surface area contributed by atoms with Crippen molar-refractivity contribution in [3.8, 4) is 0 Å². The minimum absolute atomic E-state index is 0.397. The van der Waals surface area contributed by atoms with E-state index >= 15 is 0 Å². The van der Waals surface area contributed by atoms with Crippen molar-refractivity contribution in [1.29, 1.82) is 0 Å². The zero-order valence-electron chi connectivity index (χ0n) is 7.90. The van der Waals surface area contributed by atoms with Crippen molar-refractivity contribution >= 4 is 7.28 Å². The molecule has 0 bridgehead atoms. The monoisotopic (exact) mass is 189 g/mol. The van der Waals surface area contributed by atoms with Crippen LogP contribution in [0.15, 0.2) is 0 Å². The molecule has 0 spiro atoms. The molecule has 1 aliphatic heterocycles. The minimum Gasteiger partial charge on any atom is -0.394 e. The fourth-order valence-electron chi connectivity index (χ4n) is 1.57. The topological polar surface area (TPSA) is 49.7 Å². The molecule has 3 nitrogen and oxygen atoms in total. The van der Waals surface area contributed by atoms with E-state index in [-0.39, 0.29) is 0 Å². The van der Waals surface area contributed by atoms with Gasteiger partial charge in [-0.3, -0.25) is 0 Å². The molecule has 0 aromatic carbocycles. The molecule has 1 aliphatic rings. The Bertz CT molecular complexity index is 177. The van der Waals surface area contributed by atoms with Crippen LogP contribution in [0.5, 0.6) is 0 Å². The lowest BCUT2D eigenvalue weighted by Crippen LogP contribution is -2.45. The maximum Gasteiger partial charge on any atom is 0.158 e. The first-order valence-electron chi connectivity index (χ1n) is 4.50. The van der Waals surface area contributed by atoms with E-state index in [4.69, 9.17) is 9.84 Å². The molecule has 75 valence electrons. The van der Waals surface area contributed by atoms with E-state index < -0.39 is 30.5 Å². The highest BCUT2D eigenvalue weighted by Crippen LogP contribution is 2.32. The van der Waals surface area contributed by atoms with Gasteiger partial charge >= 0.3 is 0 Å². The van der Waals surface area contributed by atoms with Gasteiger partial charge in [0.15, 0.2) is 13.5 Å². The Morgan fingerprint density at radius 3 is 2.62 bits per heavy atom. The first kappa shape index (κ1) is 11.0. The van der Waals surface area contributed by atoms with Gasteiger partial charge < -0.3 is 14.9 Å². The molecular formula is C8H15BFO3. The molecule has 0 aliphatic carbocycles. The fourth-order valence-corrected chi connectivity index (χ4v) is 1.57. The molecule has 0 amide bonds. The summed E-state index contributed by atoms with van der Waals surface area (Å²) >= 11 is 0. The number of hydrogen-bond acceptors (Lipinski definition) is 3. The SMILES string of the molecule is CC[B]C1OC(CO)C(F)C1(C)O. The normalized spacial score (nSPS) is 45.2. The lowest BCUT2D eigenvalue weighted by atomic mass is 9.63. The molecule has 13 heavy (non-hydrogen) atoms. The average molecular weight is 189 g/mol. The molecular weight excluding hydrogens is 174 g/mol. The second-order valence-electron chi connectivity index (χ2n) is 3.55.